The van der Waals surface area contributed by atoms with Crippen LogP contribution >= 0.6 is 0 Å². The van der Waals surface area contributed by atoms with Gasteiger partial charge in [0.25, 0.3) is 0 Å². The van der Waals surface area contributed by atoms with Gasteiger partial charge in [-0.3, -0.25) is 4.90 Å². The minimum Gasteiger partial charge on any atom is -0.299 e. The van der Waals surface area contributed by atoms with E-state index in [0.717, 1.165) is 6.54 Å². The Morgan fingerprint density at radius 1 is 1.36 bits per heavy atom. The van der Waals surface area contributed by atoms with Crippen molar-refractivity contribution in [1.29, 1.82) is 5.26 Å². The van der Waals surface area contributed by atoms with Crippen LogP contribution in [0, 0.1) is 23.2 Å². The first kappa shape index (κ1) is 9.98. The third-order valence-electron chi connectivity index (χ3n) is 4.01. The monoisotopic (exact) mass is 192 g/mol. The summed E-state index contributed by atoms with van der Waals surface area (Å²) in [7, 11) is 0. The van der Waals surface area contributed by atoms with E-state index in [1.165, 1.54) is 38.6 Å². The van der Waals surface area contributed by atoms with Crippen molar-refractivity contribution in [3.63, 3.8) is 0 Å². The number of hydrogen-bond donors (Lipinski definition) is 0. The van der Waals surface area contributed by atoms with Gasteiger partial charge in [-0.1, -0.05) is 6.42 Å². The Morgan fingerprint density at radius 3 is 2.57 bits per heavy atom. The van der Waals surface area contributed by atoms with Crippen LogP contribution in [0.1, 0.15) is 39.0 Å². The van der Waals surface area contributed by atoms with Gasteiger partial charge in [0.05, 0.1) is 12.0 Å². The SMILES string of the molecule is CC1CCCN1CC(C#N)C1CCC1. The number of hydrogen-bond acceptors (Lipinski definition) is 2. The Balaban J connectivity index is 1.84. The molecule has 0 radical (unpaired) electrons. The normalized spacial score (nSPS) is 31.0. The lowest BCUT2D eigenvalue weighted by Gasteiger charge is -2.33. The Bertz CT molecular complexity index is 227. The summed E-state index contributed by atoms with van der Waals surface area (Å²) in [6, 6.07) is 3.22. The molecular formula is C12H20N2. The summed E-state index contributed by atoms with van der Waals surface area (Å²) in [6.45, 7) is 4.54. The predicted molar refractivity (Wildman–Crippen MR) is 56.7 cm³/mol. The van der Waals surface area contributed by atoms with Crippen molar-refractivity contribution >= 4 is 0 Å². The third-order valence-corrected chi connectivity index (χ3v) is 4.01. The highest BCUT2D eigenvalue weighted by atomic mass is 15.2. The van der Waals surface area contributed by atoms with E-state index in [1.54, 1.807) is 0 Å². The van der Waals surface area contributed by atoms with Gasteiger partial charge in [-0.05, 0) is 45.1 Å². The van der Waals surface area contributed by atoms with Crippen LogP contribution < -0.4 is 0 Å². The summed E-state index contributed by atoms with van der Waals surface area (Å²) in [5.41, 5.74) is 0. The molecular weight excluding hydrogens is 172 g/mol. The first-order valence-corrected chi connectivity index (χ1v) is 5.95. The lowest BCUT2D eigenvalue weighted by atomic mass is 9.76. The lowest BCUT2D eigenvalue weighted by Crippen LogP contribution is -2.36. The van der Waals surface area contributed by atoms with E-state index in [9.17, 15) is 0 Å². The van der Waals surface area contributed by atoms with Gasteiger partial charge >= 0.3 is 0 Å². The summed E-state index contributed by atoms with van der Waals surface area (Å²) in [6.07, 6.45) is 6.58. The quantitative estimate of drug-likeness (QED) is 0.686. The highest BCUT2D eigenvalue weighted by Crippen LogP contribution is 2.34. The van der Waals surface area contributed by atoms with E-state index in [1.807, 2.05) is 0 Å². The number of likely N-dealkylation sites (tertiary alicyclic amines) is 1. The summed E-state index contributed by atoms with van der Waals surface area (Å²) in [5, 5.41) is 9.13. The van der Waals surface area contributed by atoms with E-state index >= 15 is 0 Å². The largest absolute Gasteiger partial charge is 0.299 e. The van der Waals surface area contributed by atoms with Crippen LogP contribution in [0.25, 0.3) is 0 Å². The van der Waals surface area contributed by atoms with E-state index in [4.69, 9.17) is 5.26 Å². The van der Waals surface area contributed by atoms with Crippen molar-refractivity contribution in [2.75, 3.05) is 13.1 Å². The molecule has 0 aromatic carbocycles. The fourth-order valence-corrected chi connectivity index (χ4v) is 2.65. The zero-order valence-electron chi connectivity index (χ0n) is 9.08. The molecule has 2 fully saturated rings. The third kappa shape index (κ3) is 1.93. The van der Waals surface area contributed by atoms with Crippen molar-refractivity contribution < 1.29 is 0 Å². The standard InChI is InChI=1S/C12H20N2/c1-10-4-3-7-14(10)9-12(8-13)11-5-2-6-11/h10-12H,2-7,9H2,1H3. The molecule has 2 heteroatoms. The molecule has 0 spiro atoms. The van der Waals surface area contributed by atoms with E-state index in [2.05, 4.69) is 17.9 Å². The molecule has 0 aromatic rings. The maximum atomic E-state index is 9.13. The zero-order chi connectivity index (χ0) is 9.97. The molecule has 2 rings (SSSR count). The minimum atomic E-state index is 0.310. The van der Waals surface area contributed by atoms with Crippen molar-refractivity contribution in [3.8, 4) is 6.07 Å². The Kier molecular flexibility index (Phi) is 3.08. The second-order valence-electron chi connectivity index (χ2n) is 4.91. The van der Waals surface area contributed by atoms with Crippen LogP contribution in [-0.4, -0.2) is 24.0 Å². The fourth-order valence-electron chi connectivity index (χ4n) is 2.65. The summed E-state index contributed by atoms with van der Waals surface area (Å²) >= 11 is 0. The molecule has 78 valence electrons. The van der Waals surface area contributed by atoms with Crippen molar-refractivity contribution in [2.24, 2.45) is 11.8 Å². The molecule has 0 N–H and O–H groups in total. The summed E-state index contributed by atoms with van der Waals surface area (Å²) < 4.78 is 0. The van der Waals surface area contributed by atoms with E-state index in [-0.39, 0.29) is 0 Å². The average molecular weight is 192 g/mol. The molecule has 2 unspecified atom stereocenters. The van der Waals surface area contributed by atoms with Gasteiger partial charge in [0.1, 0.15) is 0 Å². The number of nitriles is 1. The van der Waals surface area contributed by atoms with Gasteiger partial charge in [0, 0.05) is 12.6 Å². The van der Waals surface area contributed by atoms with Crippen molar-refractivity contribution in [2.45, 2.75) is 45.1 Å². The van der Waals surface area contributed by atoms with Gasteiger partial charge in [-0.2, -0.15) is 5.26 Å². The van der Waals surface area contributed by atoms with Crippen LogP contribution in [-0.2, 0) is 0 Å². The van der Waals surface area contributed by atoms with Gasteiger partial charge in [0.15, 0.2) is 0 Å². The van der Waals surface area contributed by atoms with Gasteiger partial charge in [-0.25, -0.2) is 0 Å². The van der Waals surface area contributed by atoms with Crippen LogP contribution in [0.5, 0.6) is 0 Å². The zero-order valence-corrected chi connectivity index (χ0v) is 9.08. The topological polar surface area (TPSA) is 27.0 Å². The molecule has 2 aliphatic rings. The highest BCUT2D eigenvalue weighted by Gasteiger charge is 2.31. The first-order chi connectivity index (χ1) is 6.81. The van der Waals surface area contributed by atoms with E-state index in [0.29, 0.717) is 17.9 Å². The molecule has 0 bridgehead atoms. The minimum absolute atomic E-state index is 0.310. The van der Waals surface area contributed by atoms with E-state index < -0.39 is 0 Å². The van der Waals surface area contributed by atoms with Crippen molar-refractivity contribution in [1.82, 2.24) is 4.90 Å². The molecule has 1 aliphatic heterocycles. The average Bonchev–Trinajstić information content (AvgIpc) is 2.47. The fraction of sp³-hybridized carbons (Fsp3) is 0.917. The van der Waals surface area contributed by atoms with Gasteiger partial charge < -0.3 is 0 Å². The van der Waals surface area contributed by atoms with Crippen LogP contribution in [0.15, 0.2) is 0 Å². The molecule has 1 aliphatic carbocycles. The van der Waals surface area contributed by atoms with Gasteiger partial charge in [-0.15, -0.1) is 0 Å². The molecule has 1 heterocycles. The smallest absolute Gasteiger partial charge is 0.0672 e. The molecule has 1 saturated heterocycles. The number of rotatable bonds is 3. The second-order valence-corrected chi connectivity index (χ2v) is 4.91. The summed E-state index contributed by atoms with van der Waals surface area (Å²) in [4.78, 5) is 2.51. The van der Waals surface area contributed by atoms with Crippen LogP contribution in [0.4, 0.5) is 0 Å². The van der Waals surface area contributed by atoms with Crippen LogP contribution in [0.3, 0.4) is 0 Å². The maximum Gasteiger partial charge on any atom is 0.0672 e. The molecule has 2 atom stereocenters. The van der Waals surface area contributed by atoms with Crippen molar-refractivity contribution in [3.05, 3.63) is 0 Å². The second kappa shape index (κ2) is 4.31. The number of nitrogens with zero attached hydrogens (tertiary/aromatic N) is 2. The molecule has 0 amide bonds. The van der Waals surface area contributed by atoms with Gasteiger partial charge in [0.2, 0.25) is 0 Å². The van der Waals surface area contributed by atoms with Crippen LogP contribution in [0.2, 0.25) is 0 Å². The summed E-state index contributed by atoms with van der Waals surface area (Å²) in [5.74, 6) is 1.03. The molecule has 2 nitrogen and oxygen atoms in total. The Morgan fingerprint density at radius 2 is 2.14 bits per heavy atom. The Labute approximate surface area is 86.9 Å². The lowest BCUT2D eigenvalue weighted by molar-refractivity contribution is 0.169. The predicted octanol–water partition coefficient (Wildman–Crippen LogP) is 2.41. The molecule has 1 saturated carbocycles. The molecule has 0 aromatic heterocycles. The maximum absolute atomic E-state index is 9.13. The highest BCUT2D eigenvalue weighted by molar-refractivity contribution is 4.94. The first-order valence-electron chi connectivity index (χ1n) is 5.95. The molecule has 14 heavy (non-hydrogen) atoms. The Hall–Kier alpha value is -0.550.